The average Bonchev–Trinajstić information content (AvgIpc) is 2.72. The molecule has 3 aromatic carbocycles. The molecule has 0 aliphatic rings. The second kappa shape index (κ2) is 9.61. The SMILES string of the molecule is Cc1cc(Cl)ccc1OCC(=O)NNC(=O)c1cccc(Oc2ccccc2)c1. The van der Waals surface area contributed by atoms with Crippen molar-refractivity contribution in [2.45, 2.75) is 6.92 Å². The van der Waals surface area contributed by atoms with Crippen LogP contribution in [0.5, 0.6) is 17.2 Å². The van der Waals surface area contributed by atoms with Crippen LogP contribution < -0.4 is 20.3 Å². The predicted octanol–water partition coefficient (Wildman–Crippen LogP) is 4.28. The maximum Gasteiger partial charge on any atom is 0.276 e. The summed E-state index contributed by atoms with van der Waals surface area (Å²) in [7, 11) is 0. The standard InChI is InChI=1S/C22H19ClN2O4/c1-15-12-17(23)10-11-20(15)28-14-21(26)24-25-22(27)16-6-5-9-19(13-16)29-18-7-3-2-4-8-18/h2-13H,14H2,1H3,(H,24,26)(H,25,27). The van der Waals surface area contributed by atoms with Gasteiger partial charge >= 0.3 is 0 Å². The monoisotopic (exact) mass is 410 g/mol. The van der Waals surface area contributed by atoms with Gasteiger partial charge in [-0.05, 0) is 61.0 Å². The van der Waals surface area contributed by atoms with Gasteiger partial charge in [0, 0.05) is 10.6 Å². The minimum atomic E-state index is -0.496. The zero-order valence-electron chi connectivity index (χ0n) is 15.6. The van der Waals surface area contributed by atoms with Gasteiger partial charge in [-0.15, -0.1) is 0 Å². The molecule has 0 saturated heterocycles. The van der Waals surface area contributed by atoms with E-state index in [1.807, 2.05) is 37.3 Å². The van der Waals surface area contributed by atoms with Crippen molar-refractivity contribution in [3.63, 3.8) is 0 Å². The minimum Gasteiger partial charge on any atom is -0.483 e. The van der Waals surface area contributed by atoms with E-state index in [1.165, 1.54) is 0 Å². The molecule has 2 N–H and O–H groups in total. The lowest BCUT2D eigenvalue weighted by molar-refractivity contribution is -0.123. The van der Waals surface area contributed by atoms with Gasteiger partial charge in [0.15, 0.2) is 6.61 Å². The van der Waals surface area contributed by atoms with Crippen molar-refractivity contribution in [1.29, 1.82) is 0 Å². The van der Waals surface area contributed by atoms with Crippen LogP contribution >= 0.6 is 11.6 Å². The summed E-state index contributed by atoms with van der Waals surface area (Å²) in [6, 6.07) is 21.0. The molecule has 0 spiro atoms. The first-order chi connectivity index (χ1) is 14.0. The van der Waals surface area contributed by atoms with Crippen molar-refractivity contribution in [3.05, 3.63) is 88.9 Å². The Morgan fingerprint density at radius 3 is 2.41 bits per heavy atom. The number of aryl methyl sites for hydroxylation is 1. The number of carbonyl (C=O) groups excluding carboxylic acids is 2. The van der Waals surface area contributed by atoms with Crippen LogP contribution in [0.3, 0.4) is 0 Å². The third-order valence-corrected chi connectivity index (χ3v) is 4.12. The minimum absolute atomic E-state index is 0.250. The van der Waals surface area contributed by atoms with Gasteiger partial charge in [0.25, 0.3) is 11.8 Å². The molecular formula is C22H19ClN2O4. The molecule has 148 valence electrons. The molecule has 0 atom stereocenters. The second-order valence-electron chi connectivity index (χ2n) is 6.14. The van der Waals surface area contributed by atoms with Crippen LogP contribution in [0, 0.1) is 6.92 Å². The maximum atomic E-state index is 12.3. The Hall–Kier alpha value is -3.51. The van der Waals surface area contributed by atoms with Crippen LogP contribution in [0.4, 0.5) is 0 Å². The van der Waals surface area contributed by atoms with Crippen molar-refractivity contribution in [1.82, 2.24) is 10.9 Å². The molecule has 7 heteroatoms. The van der Waals surface area contributed by atoms with Crippen molar-refractivity contribution in [2.75, 3.05) is 6.61 Å². The van der Waals surface area contributed by atoms with E-state index in [-0.39, 0.29) is 6.61 Å². The van der Waals surface area contributed by atoms with Crippen LogP contribution in [-0.2, 0) is 4.79 Å². The number of hydrogen-bond donors (Lipinski definition) is 2. The summed E-state index contributed by atoms with van der Waals surface area (Å²) in [6.45, 7) is 1.57. The fraction of sp³-hybridized carbons (Fsp3) is 0.0909. The van der Waals surface area contributed by atoms with Gasteiger partial charge in [-0.2, -0.15) is 0 Å². The number of amides is 2. The Bertz CT molecular complexity index is 1010. The smallest absolute Gasteiger partial charge is 0.276 e. The van der Waals surface area contributed by atoms with Gasteiger partial charge < -0.3 is 9.47 Å². The molecule has 0 fully saturated rings. The third kappa shape index (κ3) is 5.99. The highest BCUT2D eigenvalue weighted by Crippen LogP contribution is 2.22. The number of carbonyl (C=O) groups is 2. The molecule has 3 rings (SSSR count). The topological polar surface area (TPSA) is 76.7 Å². The predicted molar refractivity (Wildman–Crippen MR) is 110 cm³/mol. The highest BCUT2D eigenvalue weighted by atomic mass is 35.5. The summed E-state index contributed by atoms with van der Waals surface area (Å²) >= 11 is 5.89. The number of benzene rings is 3. The molecule has 0 heterocycles. The van der Waals surface area contributed by atoms with Crippen molar-refractivity contribution in [2.24, 2.45) is 0 Å². The number of rotatable bonds is 6. The van der Waals surface area contributed by atoms with Crippen LogP contribution in [0.2, 0.25) is 5.02 Å². The summed E-state index contributed by atoms with van der Waals surface area (Å²) in [5, 5.41) is 0.588. The highest BCUT2D eigenvalue weighted by molar-refractivity contribution is 6.30. The number of ether oxygens (including phenoxy) is 2. The number of hydrogen-bond acceptors (Lipinski definition) is 4. The van der Waals surface area contributed by atoms with E-state index in [9.17, 15) is 9.59 Å². The van der Waals surface area contributed by atoms with Crippen LogP contribution in [0.1, 0.15) is 15.9 Å². The molecule has 29 heavy (non-hydrogen) atoms. The fourth-order valence-electron chi connectivity index (χ4n) is 2.48. The molecule has 3 aromatic rings. The van der Waals surface area contributed by atoms with Crippen molar-refractivity contribution >= 4 is 23.4 Å². The summed E-state index contributed by atoms with van der Waals surface area (Å²) in [6.07, 6.45) is 0. The lowest BCUT2D eigenvalue weighted by Gasteiger charge is -2.11. The van der Waals surface area contributed by atoms with E-state index >= 15 is 0 Å². The van der Waals surface area contributed by atoms with E-state index in [4.69, 9.17) is 21.1 Å². The largest absolute Gasteiger partial charge is 0.483 e. The molecule has 0 radical (unpaired) electrons. The summed E-state index contributed by atoms with van der Waals surface area (Å²) in [5.74, 6) is 0.746. The Morgan fingerprint density at radius 2 is 1.66 bits per heavy atom. The molecule has 0 aromatic heterocycles. The molecule has 0 bridgehead atoms. The maximum absolute atomic E-state index is 12.3. The summed E-state index contributed by atoms with van der Waals surface area (Å²) in [5.41, 5.74) is 5.83. The first-order valence-electron chi connectivity index (χ1n) is 8.82. The first kappa shape index (κ1) is 20.2. The number of nitrogens with one attached hydrogen (secondary N) is 2. The van der Waals surface area contributed by atoms with Crippen LogP contribution in [-0.4, -0.2) is 18.4 Å². The van der Waals surface area contributed by atoms with Gasteiger partial charge in [0.2, 0.25) is 0 Å². The van der Waals surface area contributed by atoms with E-state index in [2.05, 4.69) is 10.9 Å². The van der Waals surface area contributed by atoms with Crippen LogP contribution in [0.15, 0.2) is 72.8 Å². The van der Waals surface area contributed by atoms with Gasteiger partial charge in [0.1, 0.15) is 17.2 Å². The van der Waals surface area contributed by atoms with Crippen LogP contribution in [0.25, 0.3) is 0 Å². The zero-order chi connectivity index (χ0) is 20.6. The molecule has 0 aliphatic heterocycles. The van der Waals surface area contributed by atoms with Gasteiger partial charge in [-0.3, -0.25) is 20.4 Å². The van der Waals surface area contributed by atoms with E-state index in [0.29, 0.717) is 27.8 Å². The lowest BCUT2D eigenvalue weighted by atomic mass is 10.2. The highest BCUT2D eigenvalue weighted by Gasteiger charge is 2.10. The van der Waals surface area contributed by atoms with Crippen molar-refractivity contribution in [3.8, 4) is 17.2 Å². The molecule has 0 unspecified atom stereocenters. The lowest BCUT2D eigenvalue weighted by Crippen LogP contribution is -2.43. The molecule has 0 aliphatic carbocycles. The molecular weight excluding hydrogens is 392 g/mol. The van der Waals surface area contributed by atoms with Gasteiger partial charge in [-0.1, -0.05) is 35.9 Å². The quantitative estimate of drug-likeness (QED) is 0.594. The Balaban J connectivity index is 1.51. The Kier molecular flexibility index (Phi) is 6.71. The Morgan fingerprint density at radius 1 is 0.897 bits per heavy atom. The number of hydrazine groups is 1. The summed E-state index contributed by atoms with van der Waals surface area (Å²) in [4.78, 5) is 24.2. The molecule has 0 saturated carbocycles. The molecule has 6 nitrogen and oxygen atoms in total. The average molecular weight is 411 g/mol. The van der Waals surface area contributed by atoms with Gasteiger partial charge in [0.05, 0.1) is 0 Å². The zero-order valence-corrected chi connectivity index (χ0v) is 16.4. The number of halogens is 1. The normalized spacial score (nSPS) is 10.1. The summed E-state index contributed by atoms with van der Waals surface area (Å²) < 4.78 is 11.1. The molecule has 2 amide bonds. The Labute approximate surface area is 173 Å². The van der Waals surface area contributed by atoms with Crippen molar-refractivity contribution < 1.29 is 19.1 Å². The third-order valence-electron chi connectivity index (χ3n) is 3.89. The van der Waals surface area contributed by atoms with E-state index in [1.54, 1.807) is 42.5 Å². The van der Waals surface area contributed by atoms with Gasteiger partial charge in [-0.25, -0.2) is 0 Å². The van der Waals surface area contributed by atoms with E-state index < -0.39 is 11.8 Å². The number of para-hydroxylation sites is 1. The fourth-order valence-corrected chi connectivity index (χ4v) is 2.70. The van der Waals surface area contributed by atoms with E-state index in [0.717, 1.165) is 5.56 Å². The first-order valence-corrected chi connectivity index (χ1v) is 9.20. The second-order valence-corrected chi connectivity index (χ2v) is 6.58.